The number of ether oxygens (including phenoxy) is 1. The summed E-state index contributed by atoms with van der Waals surface area (Å²) in [5, 5.41) is 0. The standard InChI is InChI=1S/C8H15FO/c1-6-4-8(2,3)10-5-7(6)9/h6-7H,4-5H2,1-3H3/t6-,7+/m1/s1. The highest BCUT2D eigenvalue weighted by atomic mass is 19.1. The van der Waals surface area contributed by atoms with E-state index < -0.39 is 6.17 Å². The fraction of sp³-hybridized carbons (Fsp3) is 1.00. The van der Waals surface area contributed by atoms with E-state index in [0.717, 1.165) is 6.42 Å². The Kier molecular flexibility index (Phi) is 1.99. The molecule has 2 atom stereocenters. The lowest BCUT2D eigenvalue weighted by atomic mass is 9.89. The van der Waals surface area contributed by atoms with E-state index in [2.05, 4.69) is 0 Å². The third-order valence-electron chi connectivity index (χ3n) is 2.06. The molecule has 10 heavy (non-hydrogen) atoms. The Labute approximate surface area is 61.6 Å². The van der Waals surface area contributed by atoms with Gasteiger partial charge in [0.25, 0.3) is 0 Å². The predicted octanol–water partition coefficient (Wildman–Crippen LogP) is 2.16. The Balaban J connectivity index is 2.49. The van der Waals surface area contributed by atoms with Crippen molar-refractivity contribution in [2.24, 2.45) is 5.92 Å². The largest absolute Gasteiger partial charge is 0.373 e. The Bertz CT molecular complexity index is 122. The molecule has 2 heteroatoms. The first kappa shape index (κ1) is 7.99. The minimum Gasteiger partial charge on any atom is -0.373 e. The molecule has 0 aromatic rings. The van der Waals surface area contributed by atoms with Gasteiger partial charge in [0.05, 0.1) is 12.2 Å². The smallest absolute Gasteiger partial charge is 0.126 e. The van der Waals surface area contributed by atoms with Gasteiger partial charge in [-0.25, -0.2) is 4.39 Å². The van der Waals surface area contributed by atoms with Gasteiger partial charge in [0.15, 0.2) is 0 Å². The molecule has 0 N–H and O–H groups in total. The van der Waals surface area contributed by atoms with Crippen molar-refractivity contribution in [3.63, 3.8) is 0 Å². The van der Waals surface area contributed by atoms with Crippen molar-refractivity contribution in [3.05, 3.63) is 0 Å². The van der Waals surface area contributed by atoms with Gasteiger partial charge in [-0.05, 0) is 26.2 Å². The summed E-state index contributed by atoms with van der Waals surface area (Å²) >= 11 is 0. The van der Waals surface area contributed by atoms with Crippen LogP contribution in [-0.4, -0.2) is 18.4 Å². The van der Waals surface area contributed by atoms with Gasteiger partial charge >= 0.3 is 0 Å². The zero-order valence-corrected chi connectivity index (χ0v) is 6.86. The average Bonchev–Trinajstić information content (AvgIpc) is 1.79. The maximum absolute atomic E-state index is 12.8. The van der Waals surface area contributed by atoms with E-state index in [0.29, 0.717) is 0 Å². The third-order valence-corrected chi connectivity index (χ3v) is 2.06. The van der Waals surface area contributed by atoms with Crippen LogP contribution in [-0.2, 0) is 4.74 Å². The molecule has 0 saturated carbocycles. The van der Waals surface area contributed by atoms with E-state index >= 15 is 0 Å². The van der Waals surface area contributed by atoms with E-state index in [9.17, 15) is 4.39 Å². The zero-order chi connectivity index (χ0) is 7.78. The SMILES string of the molecule is C[C@@H]1CC(C)(C)OC[C@@H]1F. The third kappa shape index (κ3) is 1.69. The van der Waals surface area contributed by atoms with E-state index in [1.54, 1.807) is 0 Å². The first-order chi connectivity index (χ1) is 4.51. The van der Waals surface area contributed by atoms with Gasteiger partial charge in [-0.2, -0.15) is 0 Å². The fourth-order valence-electron chi connectivity index (χ4n) is 1.43. The van der Waals surface area contributed by atoms with Crippen molar-refractivity contribution in [1.82, 2.24) is 0 Å². The van der Waals surface area contributed by atoms with Crippen molar-refractivity contribution in [3.8, 4) is 0 Å². The number of rotatable bonds is 0. The van der Waals surface area contributed by atoms with Crippen LogP contribution >= 0.6 is 0 Å². The molecule has 1 aliphatic heterocycles. The molecule has 0 aromatic heterocycles. The molecular formula is C8H15FO. The molecular weight excluding hydrogens is 131 g/mol. The summed E-state index contributed by atoms with van der Waals surface area (Å²) in [4.78, 5) is 0. The van der Waals surface area contributed by atoms with Crippen molar-refractivity contribution in [1.29, 1.82) is 0 Å². The molecule has 0 spiro atoms. The van der Waals surface area contributed by atoms with Crippen LogP contribution < -0.4 is 0 Å². The molecule has 0 radical (unpaired) electrons. The van der Waals surface area contributed by atoms with Gasteiger partial charge in [-0.3, -0.25) is 0 Å². The minimum absolute atomic E-state index is 0.109. The quantitative estimate of drug-likeness (QED) is 0.509. The Morgan fingerprint density at radius 3 is 2.50 bits per heavy atom. The van der Waals surface area contributed by atoms with Crippen LogP contribution in [0.25, 0.3) is 0 Å². The van der Waals surface area contributed by atoms with Gasteiger partial charge < -0.3 is 4.74 Å². The summed E-state index contributed by atoms with van der Waals surface area (Å²) in [7, 11) is 0. The van der Waals surface area contributed by atoms with Gasteiger partial charge in [-0.15, -0.1) is 0 Å². The summed E-state index contributed by atoms with van der Waals surface area (Å²) in [6, 6.07) is 0. The normalized spacial score (nSPS) is 39.6. The van der Waals surface area contributed by atoms with Crippen LogP contribution in [0.2, 0.25) is 0 Å². The number of halogens is 1. The summed E-state index contributed by atoms with van der Waals surface area (Å²) in [5.41, 5.74) is -0.109. The molecule has 1 aliphatic rings. The number of alkyl halides is 1. The highest BCUT2D eigenvalue weighted by Gasteiger charge is 2.32. The van der Waals surface area contributed by atoms with E-state index in [-0.39, 0.29) is 18.1 Å². The Hall–Kier alpha value is -0.110. The maximum Gasteiger partial charge on any atom is 0.126 e. The van der Waals surface area contributed by atoms with Crippen LogP contribution in [0.4, 0.5) is 4.39 Å². The summed E-state index contributed by atoms with van der Waals surface area (Å²) in [5.74, 6) is 0.156. The number of hydrogen-bond donors (Lipinski definition) is 0. The van der Waals surface area contributed by atoms with E-state index in [4.69, 9.17) is 4.74 Å². The highest BCUT2D eigenvalue weighted by Crippen LogP contribution is 2.29. The second-order valence-corrected chi connectivity index (χ2v) is 3.77. The van der Waals surface area contributed by atoms with Crippen molar-refractivity contribution >= 4 is 0 Å². The lowest BCUT2D eigenvalue weighted by molar-refractivity contribution is -0.105. The summed E-state index contributed by atoms with van der Waals surface area (Å²) in [6.07, 6.45) is 0.0711. The lowest BCUT2D eigenvalue weighted by Crippen LogP contribution is -2.39. The molecule has 0 bridgehead atoms. The minimum atomic E-state index is -0.756. The molecule has 0 aliphatic carbocycles. The Morgan fingerprint density at radius 1 is 1.50 bits per heavy atom. The molecule has 0 amide bonds. The van der Waals surface area contributed by atoms with Gasteiger partial charge in [0.2, 0.25) is 0 Å². The second-order valence-electron chi connectivity index (χ2n) is 3.77. The maximum atomic E-state index is 12.8. The molecule has 1 saturated heterocycles. The summed E-state index contributed by atoms with van der Waals surface area (Å²) in [6.45, 7) is 6.23. The molecule has 1 fully saturated rings. The van der Waals surface area contributed by atoms with Crippen molar-refractivity contribution in [2.45, 2.75) is 39.0 Å². The van der Waals surface area contributed by atoms with Crippen molar-refractivity contribution < 1.29 is 9.13 Å². The molecule has 0 unspecified atom stereocenters. The van der Waals surface area contributed by atoms with Gasteiger partial charge in [0, 0.05) is 0 Å². The molecule has 1 heterocycles. The van der Waals surface area contributed by atoms with E-state index in [1.165, 1.54) is 0 Å². The first-order valence-electron chi connectivity index (χ1n) is 3.79. The second kappa shape index (κ2) is 2.50. The van der Waals surface area contributed by atoms with Gasteiger partial charge in [-0.1, -0.05) is 6.92 Å². The van der Waals surface area contributed by atoms with Crippen LogP contribution in [0.15, 0.2) is 0 Å². The fourth-order valence-corrected chi connectivity index (χ4v) is 1.43. The Morgan fingerprint density at radius 2 is 2.10 bits per heavy atom. The van der Waals surface area contributed by atoms with Crippen LogP contribution in [0.1, 0.15) is 27.2 Å². The van der Waals surface area contributed by atoms with Crippen LogP contribution in [0.3, 0.4) is 0 Å². The van der Waals surface area contributed by atoms with Crippen LogP contribution in [0, 0.1) is 5.92 Å². The van der Waals surface area contributed by atoms with Crippen molar-refractivity contribution in [2.75, 3.05) is 6.61 Å². The topological polar surface area (TPSA) is 9.23 Å². The predicted molar refractivity (Wildman–Crippen MR) is 38.7 cm³/mol. The van der Waals surface area contributed by atoms with Crippen LogP contribution in [0.5, 0.6) is 0 Å². The summed E-state index contributed by atoms with van der Waals surface area (Å²) < 4.78 is 18.1. The first-order valence-corrected chi connectivity index (χ1v) is 3.79. The van der Waals surface area contributed by atoms with E-state index in [1.807, 2.05) is 20.8 Å². The van der Waals surface area contributed by atoms with Gasteiger partial charge in [0.1, 0.15) is 6.17 Å². The lowest BCUT2D eigenvalue weighted by Gasteiger charge is -2.35. The number of hydrogen-bond acceptors (Lipinski definition) is 1. The molecule has 1 rings (SSSR count). The molecule has 0 aromatic carbocycles. The molecule has 1 nitrogen and oxygen atoms in total. The molecule has 60 valence electrons. The highest BCUT2D eigenvalue weighted by molar-refractivity contribution is 4.81. The zero-order valence-electron chi connectivity index (χ0n) is 6.86. The monoisotopic (exact) mass is 146 g/mol. The average molecular weight is 146 g/mol.